The van der Waals surface area contributed by atoms with Crippen LogP contribution in [0.3, 0.4) is 0 Å². The summed E-state index contributed by atoms with van der Waals surface area (Å²) in [5.74, 6) is 1.57. The van der Waals surface area contributed by atoms with E-state index in [-0.39, 0.29) is 12.1 Å². The predicted octanol–water partition coefficient (Wildman–Crippen LogP) is 2.91. The maximum absolute atomic E-state index is 12.6. The second-order valence-electron chi connectivity index (χ2n) is 6.58. The Kier molecular flexibility index (Phi) is 5.18. The van der Waals surface area contributed by atoms with Gasteiger partial charge in [-0.1, -0.05) is 0 Å². The monoisotopic (exact) mass is 347 g/mol. The third-order valence-corrected chi connectivity index (χ3v) is 5.41. The summed E-state index contributed by atoms with van der Waals surface area (Å²) in [4.78, 5) is 23.4. The van der Waals surface area contributed by atoms with Crippen LogP contribution in [0.4, 0.5) is 4.79 Å². The second kappa shape index (κ2) is 7.34. The van der Waals surface area contributed by atoms with Crippen LogP contribution in [0.25, 0.3) is 0 Å². The fourth-order valence-electron chi connectivity index (χ4n) is 3.20. The first-order valence-corrected chi connectivity index (χ1v) is 9.34. The van der Waals surface area contributed by atoms with Gasteiger partial charge in [-0.15, -0.1) is 11.3 Å². The summed E-state index contributed by atoms with van der Waals surface area (Å²) in [6, 6.07) is -0.0462. The highest BCUT2D eigenvalue weighted by molar-refractivity contribution is 7.09. The topological polar surface area (TPSA) is 63.1 Å². The van der Waals surface area contributed by atoms with E-state index in [1.165, 1.54) is 0 Å². The van der Waals surface area contributed by atoms with E-state index >= 15 is 0 Å². The van der Waals surface area contributed by atoms with Crippen LogP contribution in [0.2, 0.25) is 0 Å². The molecule has 130 valence electrons. The molecule has 0 bridgehead atoms. The van der Waals surface area contributed by atoms with E-state index in [9.17, 15) is 4.79 Å². The van der Waals surface area contributed by atoms with Crippen molar-refractivity contribution in [2.45, 2.75) is 39.2 Å². The van der Waals surface area contributed by atoms with Gasteiger partial charge in [0.2, 0.25) is 0 Å². The molecule has 1 N–H and O–H groups in total. The number of likely N-dealkylation sites (tertiary alicyclic amines) is 1. The number of aryl methyl sites for hydroxylation is 2. The Balaban J connectivity index is 1.55. The molecule has 0 radical (unpaired) electrons. The minimum Gasteiger partial charge on any atom is -0.338 e. The number of piperidine rings is 1. The van der Waals surface area contributed by atoms with Crippen LogP contribution >= 0.6 is 11.3 Å². The second-order valence-corrected chi connectivity index (χ2v) is 7.64. The van der Waals surface area contributed by atoms with Crippen LogP contribution < -0.4 is 5.32 Å². The number of thiazole rings is 1. The van der Waals surface area contributed by atoms with Crippen LogP contribution in [-0.2, 0) is 13.5 Å². The van der Waals surface area contributed by atoms with E-state index in [0.29, 0.717) is 5.92 Å². The predicted molar refractivity (Wildman–Crippen MR) is 95.0 cm³/mol. The van der Waals surface area contributed by atoms with Gasteiger partial charge in [0.05, 0.1) is 16.7 Å². The third kappa shape index (κ3) is 3.95. The molecule has 2 aromatic rings. The summed E-state index contributed by atoms with van der Waals surface area (Å²) in [6.45, 7) is 5.59. The fourth-order valence-corrected chi connectivity index (χ4v) is 3.90. The van der Waals surface area contributed by atoms with Gasteiger partial charge in [-0.25, -0.2) is 14.8 Å². The first-order chi connectivity index (χ1) is 11.5. The highest BCUT2D eigenvalue weighted by Gasteiger charge is 2.26. The zero-order valence-corrected chi connectivity index (χ0v) is 15.3. The molecule has 3 rings (SSSR count). The zero-order valence-electron chi connectivity index (χ0n) is 14.5. The summed E-state index contributed by atoms with van der Waals surface area (Å²) in [6.07, 6.45) is 6.93. The summed E-state index contributed by atoms with van der Waals surface area (Å²) in [5, 5.41) is 6.12. The van der Waals surface area contributed by atoms with Gasteiger partial charge in [0, 0.05) is 44.3 Å². The van der Waals surface area contributed by atoms with Gasteiger partial charge in [-0.2, -0.15) is 0 Å². The molecule has 0 unspecified atom stereocenters. The smallest absolute Gasteiger partial charge is 0.317 e. The van der Waals surface area contributed by atoms with Crippen molar-refractivity contribution in [3.05, 3.63) is 34.3 Å². The molecule has 1 aliphatic heterocycles. The van der Waals surface area contributed by atoms with E-state index in [1.807, 2.05) is 43.6 Å². The molecular formula is C17H25N5OS. The lowest BCUT2D eigenvalue weighted by Crippen LogP contribution is -2.46. The van der Waals surface area contributed by atoms with Crippen molar-refractivity contribution in [2.24, 2.45) is 13.0 Å². The lowest BCUT2D eigenvalue weighted by molar-refractivity contribution is 0.161. The normalized spacial score (nSPS) is 19.3. The number of rotatable bonds is 4. The van der Waals surface area contributed by atoms with Crippen molar-refractivity contribution < 1.29 is 4.79 Å². The van der Waals surface area contributed by atoms with Crippen LogP contribution in [-0.4, -0.2) is 38.6 Å². The molecule has 1 aliphatic rings. The van der Waals surface area contributed by atoms with E-state index in [1.54, 1.807) is 11.3 Å². The van der Waals surface area contributed by atoms with Gasteiger partial charge in [0.25, 0.3) is 0 Å². The number of hydrogen-bond donors (Lipinski definition) is 1. The summed E-state index contributed by atoms with van der Waals surface area (Å²) >= 11 is 1.61. The minimum atomic E-state index is -0.0580. The standard InChI is InChI=1S/C17H25N5OS/c1-12(15-11-24-13(2)20-15)19-17(23)22-7-4-5-14(10-22)9-16-18-6-8-21(16)3/h6,8,11-12,14H,4-5,7,9-10H2,1-3H3,(H,19,23)/t12-,14+/m0/s1. The molecule has 24 heavy (non-hydrogen) atoms. The van der Waals surface area contributed by atoms with Gasteiger partial charge < -0.3 is 14.8 Å². The highest BCUT2D eigenvalue weighted by Crippen LogP contribution is 2.21. The largest absolute Gasteiger partial charge is 0.338 e. The Morgan fingerprint density at radius 2 is 2.38 bits per heavy atom. The molecular weight excluding hydrogens is 322 g/mol. The van der Waals surface area contributed by atoms with E-state index in [0.717, 1.165) is 48.9 Å². The number of amides is 2. The van der Waals surface area contributed by atoms with Gasteiger partial charge in [-0.3, -0.25) is 0 Å². The van der Waals surface area contributed by atoms with Crippen molar-refractivity contribution in [1.82, 2.24) is 24.8 Å². The third-order valence-electron chi connectivity index (χ3n) is 4.62. The molecule has 1 saturated heterocycles. The summed E-state index contributed by atoms with van der Waals surface area (Å²) < 4.78 is 2.06. The molecule has 0 saturated carbocycles. The van der Waals surface area contributed by atoms with Crippen LogP contribution in [0.15, 0.2) is 17.8 Å². The summed E-state index contributed by atoms with van der Waals surface area (Å²) in [5.41, 5.74) is 0.937. The number of hydrogen-bond acceptors (Lipinski definition) is 4. The Morgan fingerprint density at radius 1 is 1.54 bits per heavy atom. The molecule has 0 aromatic carbocycles. The van der Waals surface area contributed by atoms with E-state index < -0.39 is 0 Å². The quantitative estimate of drug-likeness (QED) is 0.925. The van der Waals surface area contributed by atoms with Crippen molar-refractivity contribution in [2.75, 3.05) is 13.1 Å². The highest BCUT2D eigenvalue weighted by atomic mass is 32.1. The van der Waals surface area contributed by atoms with Crippen molar-refractivity contribution in [3.8, 4) is 0 Å². The zero-order chi connectivity index (χ0) is 17.1. The number of nitrogens with zero attached hydrogens (tertiary/aromatic N) is 4. The Bertz CT molecular complexity index is 695. The minimum absolute atomic E-state index is 0.0118. The molecule has 2 aromatic heterocycles. The maximum Gasteiger partial charge on any atom is 0.317 e. The average Bonchev–Trinajstić information content (AvgIpc) is 3.17. The molecule has 7 heteroatoms. The Hall–Kier alpha value is -1.89. The molecule has 2 atom stereocenters. The fraction of sp³-hybridized carbons (Fsp3) is 0.588. The molecule has 3 heterocycles. The van der Waals surface area contributed by atoms with Gasteiger partial charge in [-0.05, 0) is 32.6 Å². The number of nitrogens with one attached hydrogen (secondary N) is 1. The molecule has 2 amide bonds. The van der Waals surface area contributed by atoms with Crippen LogP contribution in [0, 0.1) is 12.8 Å². The molecule has 6 nitrogen and oxygen atoms in total. The number of aromatic nitrogens is 3. The van der Waals surface area contributed by atoms with E-state index in [2.05, 4.69) is 19.9 Å². The van der Waals surface area contributed by atoms with Crippen LogP contribution in [0.1, 0.15) is 42.3 Å². The van der Waals surface area contributed by atoms with Crippen molar-refractivity contribution in [3.63, 3.8) is 0 Å². The van der Waals surface area contributed by atoms with Crippen molar-refractivity contribution >= 4 is 17.4 Å². The number of imidazole rings is 1. The Morgan fingerprint density at radius 3 is 3.04 bits per heavy atom. The SMILES string of the molecule is Cc1nc([C@H](C)NC(=O)N2CCC[C@H](Cc3nccn3C)C2)cs1. The average molecular weight is 347 g/mol. The van der Waals surface area contributed by atoms with Gasteiger partial charge in [0.1, 0.15) is 5.82 Å². The molecule has 0 aliphatic carbocycles. The number of carbonyl (C=O) groups is 1. The first kappa shape index (κ1) is 17.0. The number of carbonyl (C=O) groups excluding carboxylic acids is 1. The van der Waals surface area contributed by atoms with E-state index in [4.69, 9.17) is 0 Å². The Labute approximate surface area is 146 Å². The number of urea groups is 1. The summed E-state index contributed by atoms with van der Waals surface area (Å²) in [7, 11) is 2.02. The van der Waals surface area contributed by atoms with Gasteiger partial charge >= 0.3 is 6.03 Å². The molecule has 1 fully saturated rings. The molecule has 0 spiro atoms. The van der Waals surface area contributed by atoms with Crippen molar-refractivity contribution in [1.29, 1.82) is 0 Å². The maximum atomic E-state index is 12.6. The lowest BCUT2D eigenvalue weighted by atomic mass is 9.94. The van der Waals surface area contributed by atoms with Crippen LogP contribution in [0.5, 0.6) is 0 Å². The first-order valence-electron chi connectivity index (χ1n) is 8.46. The lowest BCUT2D eigenvalue weighted by Gasteiger charge is -2.33. The van der Waals surface area contributed by atoms with Gasteiger partial charge in [0.15, 0.2) is 0 Å².